The van der Waals surface area contributed by atoms with Crippen molar-refractivity contribution >= 4 is 34.4 Å². The average Bonchev–Trinajstić information content (AvgIpc) is 3.32. The molecule has 3 aromatic rings. The van der Waals surface area contributed by atoms with Crippen LogP contribution < -0.4 is 10.6 Å². The summed E-state index contributed by atoms with van der Waals surface area (Å²) in [6, 6.07) is 16.4. The Balaban J connectivity index is 1.32. The van der Waals surface area contributed by atoms with E-state index >= 15 is 0 Å². The van der Waals surface area contributed by atoms with Crippen LogP contribution in [0.3, 0.4) is 0 Å². The summed E-state index contributed by atoms with van der Waals surface area (Å²) in [4.78, 5) is 28.4. The van der Waals surface area contributed by atoms with Crippen LogP contribution in [0.1, 0.15) is 54.6 Å². The van der Waals surface area contributed by atoms with Crippen molar-refractivity contribution in [1.82, 2.24) is 15.5 Å². The fraction of sp³-hybridized carbons (Fsp3) is 0.429. The number of rotatable bonds is 11. The number of piperidine rings is 1. The number of nitrogens with one attached hydrogen (secondary N) is 2. The number of hydrogen-bond acceptors (Lipinski definition) is 4. The predicted molar refractivity (Wildman–Crippen MR) is 140 cm³/mol. The Kier molecular flexibility index (Phi) is 9.21. The number of likely N-dealkylation sites (tertiary alicyclic amines) is 1. The normalized spacial score (nSPS) is 15.1. The Hall–Kier alpha value is -2.83. The molecule has 1 saturated heterocycles. The second-order valence-corrected chi connectivity index (χ2v) is 9.68. The smallest absolute Gasteiger partial charge is 0.287 e. The van der Waals surface area contributed by atoms with Crippen molar-refractivity contribution < 1.29 is 14.0 Å². The van der Waals surface area contributed by atoms with Gasteiger partial charge in [0.1, 0.15) is 11.6 Å². The summed E-state index contributed by atoms with van der Waals surface area (Å²) in [5.74, 6) is -0.285. The van der Waals surface area contributed by atoms with Crippen molar-refractivity contribution in [2.75, 3.05) is 26.2 Å². The topological polar surface area (TPSA) is 74.6 Å². The van der Waals surface area contributed by atoms with Gasteiger partial charge in [0.05, 0.1) is 0 Å². The van der Waals surface area contributed by atoms with Gasteiger partial charge in [-0.05, 0) is 88.0 Å². The Morgan fingerprint density at radius 1 is 1.00 bits per heavy atom. The number of halogens is 1. The number of benzene rings is 2. The third-order valence-electron chi connectivity index (χ3n) is 6.54. The Morgan fingerprint density at radius 3 is 2.54 bits per heavy atom. The first-order chi connectivity index (χ1) is 17.1. The summed E-state index contributed by atoms with van der Waals surface area (Å²) in [5, 5.41) is 7.51. The van der Waals surface area contributed by atoms with Gasteiger partial charge in [0.2, 0.25) is 5.91 Å². The molecule has 7 heteroatoms. The van der Waals surface area contributed by atoms with E-state index in [4.69, 9.17) is 16.0 Å². The molecule has 186 valence electrons. The van der Waals surface area contributed by atoms with Gasteiger partial charge in [0.15, 0.2) is 5.76 Å². The van der Waals surface area contributed by atoms with Crippen LogP contribution in [0.5, 0.6) is 0 Å². The van der Waals surface area contributed by atoms with Crippen LogP contribution in [0.25, 0.3) is 11.0 Å². The van der Waals surface area contributed by atoms with E-state index in [9.17, 15) is 9.59 Å². The number of fused-ring (bicyclic) bond motifs is 1. The Bertz CT molecular complexity index is 1070. The fourth-order valence-electron chi connectivity index (χ4n) is 4.57. The molecular formula is C28H34ClN3O3. The largest absolute Gasteiger partial charge is 0.451 e. The van der Waals surface area contributed by atoms with Gasteiger partial charge in [-0.1, -0.05) is 48.4 Å². The SMILES string of the molecule is O=C(N[C@@H](CCCN1CCCCC1)C(=O)NCCCc1ccc(Cl)cc1)c1cc2ccccc2o1. The fourth-order valence-corrected chi connectivity index (χ4v) is 4.70. The zero-order chi connectivity index (χ0) is 24.5. The van der Waals surface area contributed by atoms with E-state index in [2.05, 4.69) is 15.5 Å². The monoisotopic (exact) mass is 495 g/mol. The first-order valence-electron chi connectivity index (χ1n) is 12.6. The third kappa shape index (κ3) is 7.58. The first-order valence-corrected chi connectivity index (χ1v) is 13.0. The van der Waals surface area contributed by atoms with Crippen molar-refractivity contribution in [3.8, 4) is 0 Å². The molecule has 2 heterocycles. The minimum absolute atomic E-state index is 0.149. The summed E-state index contributed by atoms with van der Waals surface area (Å²) in [6.45, 7) is 3.73. The average molecular weight is 496 g/mol. The van der Waals surface area contributed by atoms with Crippen LogP contribution >= 0.6 is 11.6 Å². The van der Waals surface area contributed by atoms with E-state index in [1.165, 1.54) is 24.8 Å². The summed E-state index contributed by atoms with van der Waals surface area (Å²) >= 11 is 5.95. The highest BCUT2D eigenvalue weighted by molar-refractivity contribution is 6.30. The molecule has 2 amide bonds. The molecule has 1 aliphatic rings. The van der Waals surface area contributed by atoms with Gasteiger partial charge in [0.25, 0.3) is 5.91 Å². The number of nitrogens with zero attached hydrogens (tertiary/aromatic N) is 1. The Labute approximate surface area is 212 Å². The first kappa shape index (κ1) is 25.3. The third-order valence-corrected chi connectivity index (χ3v) is 6.79. The summed E-state index contributed by atoms with van der Waals surface area (Å²) < 4.78 is 5.70. The number of hydrogen-bond donors (Lipinski definition) is 2. The molecule has 35 heavy (non-hydrogen) atoms. The van der Waals surface area contributed by atoms with Crippen molar-refractivity contribution in [3.63, 3.8) is 0 Å². The van der Waals surface area contributed by atoms with Gasteiger partial charge in [0, 0.05) is 17.0 Å². The van der Waals surface area contributed by atoms with Gasteiger partial charge >= 0.3 is 0 Å². The van der Waals surface area contributed by atoms with Crippen LogP contribution in [-0.4, -0.2) is 48.9 Å². The number of carbonyl (C=O) groups excluding carboxylic acids is 2. The van der Waals surface area contributed by atoms with Crippen LogP contribution in [0.2, 0.25) is 5.02 Å². The van der Waals surface area contributed by atoms with Gasteiger partial charge in [-0.2, -0.15) is 0 Å². The molecule has 2 aromatic carbocycles. The summed E-state index contributed by atoms with van der Waals surface area (Å²) in [7, 11) is 0. The van der Waals surface area contributed by atoms with E-state index in [1.54, 1.807) is 6.07 Å². The highest BCUT2D eigenvalue weighted by atomic mass is 35.5. The van der Waals surface area contributed by atoms with Crippen LogP contribution in [0.15, 0.2) is 59.0 Å². The lowest BCUT2D eigenvalue weighted by molar-refractivity contribution is -0.123. The van der Waals surface area contributed by atoms with Gasteiger partial charge in [-0.25, -0.2) is 0 Å². The van der Waals surface area contributed by atoms with Crippen LogP contribution in [0, 0.1) is 0 Å². The maximum Gasteiger partial charge on any atom is 0.287 e. The van der Waals surface area contributed by atoms with Crippen molar-refractivity contribution in [2.45, 2.75) is 51.0 Å². The van der Waals surface area contributed by atoms with Gasteiger partial charge in [-0.3, -0.25) is 9.59 Å². The molecule has 0 bridgehead atoms. The molecule has 0 spiro atoms. The molecule has 1 fully saturated rings. The quantitative estimate of drug-likeness (QED) is 0.358. The van der Waals surface area contributed by atoms with E-state index in [1.807, 2.05) is 48.5 Å². The standard InChI is InChI=1S/C28H34ClN3O3/c29-23-14-12-21(13-15-23)8-6-16-30-27(33)24(10-7-19-32-17-4-1-5-18-32)31-28(34)26-20-22-9-2-3-11-25(22)35-26/h2-3,9,11-15,20,24H,1,4-8,10,16-19H2,(H,30,33)(H,31,34)/t24-/m0/s1. The Morgan fingerprint density at radius 2 is 1.77 bits per heavy atom. The highest BCUT2D eigenvalue weighted by Crippen LogP contribution is 2.19. The molecule has 2 N–H and O–H groups in total. The van der Waals surface area contributed by atoms with E-state index in [-0.39, 0.29) is 17.6 Å². The zero-order valence-corrected chi connectivity index (χ0v) is 20.9. The highest BCUT2D eigenvalue weighted by Gasteiger charge is 2.23. The molecule has 1 atom stereocenters. The number of para-hydroxylation sites is 1. The number of carbonyl (C=O) groups is 2. The lowest BCUT2D eigenvalue weighted by Crippen LogP contribution is -2.47. The van der Waals surface area contributed by atoms with Crippen molar-refractivity contribution in [3.05, 3.63) is 70.9 Å². The zero-order valence-electron chi connectivity index (χ0n) is 20.1. The van der Waals surface area contributed by atoms with E-state index in [0.29, 0.717) is 18.5 Å². The second-order valence-electron chi connectivity index (χ2n) is 9.24. The van der Waals surface area contributed by atoms with Gasteiger partial charge < -0.3 is 20.0 Å². The molecule has 0 aliphatic carbocycles. The lowest BCUT2D eigenvalue weighted by atomic mass is 10.1. The van der Waals surface area contributed by atoms with E-state index < -0.39 is 6.04 Å². The number of aryl methyl sites for hydroxylation is 1. The molecule has 6 nitrogen and oxygen atoms in total. The van der Waals surface area contributed by atoms with Crippen LogP contribution in [-0.2, 0) is 11.2 Å². The van der Waals surface area contributed by atoms with Crippen molar-refractivity contribution in [1.29, 1.82) is 0 Å². The molecule has 0 saturated carbocycles. The summed E-state index contributed by atoms with van der Waals surface area (Å²) in [5.41, 5.74) is 1.84. The maximum atomic E-state index is 13.0. The summed E-state index contributed by atoms with van der Waals surface area (Å²) in [6.07, 6.45) is 6.87. The van der Waals surface area contributed by atoms with Gasteiger partial charge in [-0.15, -0.1) is 0 Å². The molecule has 0 unspecified atom stereocenters. The molecule has 0 radical (unpaired) electrons. The molecular weight excluding hydrogens is 462 g/mol. The molecule has 1 aromatic heterocycles. The second kappa shape index (κ2) is 12.8. The maximum absolute atomic E-state index is 13.0. The number of amides is 2. The molecule has 4 rings (SSSR count). The minimum atomic E-state index is -0.601. The minimum Gasteiger partial charge on any atom is -0.451 e. The molecule has 1 aliphatic heterocycles. The van der Waals surface area contributed by atoms with Crippen LogP contribution in [0.4, 0.5) is 0 Å². The predicted octanol–water partition coefficient (Wildman–Crippen LogP) is 5.20. The lowest BCUT2D eigenvalue weighted by Gasteiger charge is -2.27. The van der Waals surface area contributed by atoms with E-state index in [0.717, 1.165) is 49.3 Å². The number of furan rings is 1. The van der Waals surface area contributed by atoms with Crippen molar-refractivity contribution in [2.24, 2.45) is 0 Å².